The Kier molecular flexibility index (Phi) is 4.13. The summed E-state index contributed by atoms with van der Waals surface area (Å²) in [5.41, 5.74) is 1.49. The summed E-state index contributed by atoms with van der Waals surface area (Å²) in [6.07, 6.45) is 11.5. The molecular weight excluding hydrogens is 346 g/mol. The average molecular weight is 369 g/mol. The lowest BCUT2D eigenvalue weighted by Gasteiger charge is -2.34. The lowest BCUT2D eigenvalue weighted by Crippen LogP contribution is -2.36. The summed E-state index contributed by atoms with van der Waals surface area (Å²) in [6.45, 7) is 1.83. The van der Waals surface area contributed by atoms with Gasteiger partial charge in [0.15, 0.2) is 0 Å². The van der Waals surface area contributed by atoms with E-state index < -0.39 is 6.10 Å². The van der Waals surface area contributed by atoms with Crippen molar-refractivity contribution in [3.63, 3.8) is 0 Å². The molecule has 26 heavy (non-hydrogen) atoms. The van der Waals surface area contributed by atoms with Crippen LogP contribution in [0.15, 0.2) is 18.7 Å². The molecule has 2 N–H and O–H groups in total. The first-order valence-corrected chi connectivity index (χ1v) is 10.3. The number of hydrogen-bond donors (Lipinski definition) is 2. The predicted molar refractivity (Wildman–Crippen MR) is 103 cm³/mol. The highest BCUT2D eigenvalue weighted by molar-refractivity contribution is 7.19. The minimum absolute atomic E-state index is 0.242. The lowest BCUT2D eigenvalue weighted by molar-refractivity contribution is 0.0856. The van der Waals surface area contributed by atoms with Gasteiger partial charge in [-0.25, -0.2) is 15.0 Å². The van der Waals surface area contributed by atoms with Crippen molar-refractivity contribution in [2.75, 3.05) is 18.0 Å². The van der Waals surface area contributed by atoms with E-state index in [1.165, 1.54) is 35.1 Å². The van der Waals surface area contributed by atoms with E-state index in [2.05, 4.69) is 24.8 Å². The van der Waals surface area contributed by atoms with Crippen molar-refractivity contribution in [1.82, 2.24) is 19.9 Å². The zero-order valence-corrected chi connectivity index (χ0v) is 15.5. The number of thiophene rings is 1. The molecule has 5 rings (SSSR count). The maximum Gasteiger partial charge on any atom is 0.141 e. The molecule has 1 aliphatic heterocycles. The Labute approximate surface area is 156 Å². The first kappa shape index (κ1) is 16.2. The number of nitrogens with one attached hydrogen (secondary N) is 1. The minimum atomic E-state index is -0.508. The van der Waals surface area contributed by atoms with Crippen LogP contribution in [0.4, 0.5) is 5.82 Å². The van der Waals surface area contributed by atoms with Gasteiger partial charge in [0.25, 0.3) is 0 Å². The Hall–Kier alpha value is -1.99. The van der Waals surface area contributed by atoms with E-state index in [1.54, 1.807) is 18.7 Å². The molecule has 1 aliphatic carbocycles. The van der Waals surface area contributed by atoms with Crippen LogP contribution in [0.25, 0.3) is 10.2 Å². The van der Waals surface area contributed by atoms with Crippen LogP contribution in [0, 0.1) is 5.92 Å². The van der Waals surface area contributed by atoms with Gasteiger partial charge in [-0.15, -0.1) is 11.3 Å². The van der Waals surface area contributed by atoms with Gasteiger partial charge in [-0.05, 0) is 50.0 Å². The summed E-state index contributed by atoms with van der Waals surface area (Å²) in [5.74, 6) is 2.02. The number of nitrogens with zero attached hydrogens (tertiary/aromatic N) is 4. The number of aryl methyl sites for hydroxylation is 2. The maximum atomic E-state index is 10.6. The molecule has 0 aromatic carbocycles. The summed E-state index contributed by atoms with van der Waals surface area (Å²) in [7, 11) is 0. The number of aromatic nitrogens is 4. The van der Waals surface area contributed by atoms with Crippen molar-refractivity contribution in [3.8, 4) is 0 Å². The second-order valence-corrected chi connectivity index (χ2v) is 8.42. The third-order valence-corrected chi connectivity index (χ3v) is 7.02. The average Bonchev–Trinajstić information content (AvgIpc) is 3.35. The number of H-pyrrole nitrogens is 1. The summed E-state index contributed by atoms with van der Waals surface area (Å²) >= 11 is 1.85. The van der Waals surface area contributed by atoms with Gasteiger partial charge in [0, 0.05) is 30.4 Å². The number of hydrogen-bond acceptors (Lipinski definition) is 6. The Morgan fingerprint density at radius 2 is 2.00 bits per heavy atom. The number of piperidine rings is 1. The molecule has 3 aromatic rings. The highest BCUT2D eigenvalue weighted by Gasteiger charge is 2.30. The quantitative estimate of drug-likeness (QED) is 0.741. The molecule has 136 valence electrons. The predicted octanol–water partition coefficient (Wildman–Crippen LogP) is 3.24. The maximum absolute atomic E-state index is 10.6. The number of aromatic amines is 1. The normalized spacial score (nSPS) is 19.7. The van der Waals surface area contributed by atoms with Crippen LogP contribution in [0.3, 0.4) is 0 Å². The van der Waals surface area contributed by atoms with E-state index in [0.29, 0.717) is 5.82 Å². The van der Waals surface area contributed by atoms with E-state index in [-0.39, 0.29) is 5.92 Å². The molecule has 0 bridgehead atoms. The number of rotatable bonds is 3. The highest BCUT2D eigenvalue weighted by Crippen LogP contribution is 2.40. The largest absolute Gasteiger partial charge is 0.385 e. The summed E-state index contributed by atoms with van der Waals surface area (Å²) < 4.78 is 0. The molecule has 4 heterocycles. The van der Waals surface area contributed by atoms with E-state index in [1.807, 2.05) is 11.3 Å². The lowest BCUT2D eigenvalue weighted by atomic mass is 9.90. The summed E-state index contributed by atoms with van der Waals surface area (Å²) in [4.78, 5) is 21.5. The smallest absolute Gasteiger partial charge is 0.141 e. The van der Waals surface area contributed by atoms with Gasteiger partial charge in [-0.2, -0.15) is 0 Å². The summed E-state index contributed by atoms with van der Waals surface area (Å²) in [6, 6.07) is 0. The molecule has 0 saturated carbocycles. The third-order valence-electron chi connectivity index (χ3n) is 5.82. The summed E-state index contributed by atoms with van der Waals surface area (Å²) in [5, 5.41) is 11.8. The first-order valence-electron chi connectivity index (χ1n) is 9.49. The number of imidazole rings is 1. The number of aliphatic hydroxyl groups is 1. The molecule has 0 radical (unpaired) electrons. The molecule has 1 unspecified atom stereocenters. The SMILES string of the molecule is OC(c1ncc[nH]1)C1CCN(c2ncnc3sc4c(c23)CCCC4)CC1. The molecule has 3 aromatic heterocycles. The van der Waals surface area contributed by atoms with Gasteiger partial charge in [0.1, 0.15) is 28.9 Å². The molecule has 1 fully saturated rings. The molecule has 7 heteroatoms. The number of anilines is 1. The van der Waals surface area contributed by atoms with Crippen LogP contribution in [0.5, 0.6) is 0 Å². The number of fused-ring (bicyclic) bond motifs is 3. The van der Waals surface area contributed by atoms with Gasteiger partial charge in [-0.1, -0.05) is 0 Å². The van der Waals surface area contributed by atoms with Gasteiger partial charge >= 0.3 is 0 Å². The zero-order valence-electron chi connectivity index (χ0n) is 14.7. The van der Waals surface area contributed by atoms with Crippen LogP contribution in [-0.4, -0.2) is 38.1 Å². The van der Waals surface area contributed by atoms with Crippen molar-refractivity contribution < 1.29 is 5.11 Å². The molecule has 6 nitrogen and oxygen atoms in total. The van der Waals surface area contributed by atoms with Crippen LogP contribution in [0.2, 0.25) is 0 Å². The molecule has 0 amide bonds. The fraction of sp³-hybridized carbons (Fsp3) is 0.526. The minimum Gasteiger partial charge on any atom is -0.385 e. The highest BCUT2D eigenvalue weighted by atomic mass is 32.1. The second-order valence-electron chi connectivity index (χ2n) is 7.33. The monoisotopic (exact) mass is 369 g/mol. The Morgan fingerprint density at radius 1 is 1.15 bits per heavy atom. The van der Waals surface area contributed by atoms with Crippen molar-refractivity contribution in [2.45, 2.75) is 44.6 Å². The fourth-order valence-electron chi connectivity index (χ4n) is 4.40. The van der Waals surface area contributed by atoms with Crippen molar-refractivity contribution in [3.05, 3.63) is 35.0 Å². The van der Waals surface area contributed by atoms with Crippen molar-refractivity contribution in [2.24, 2.45) is 5.92 Å². The van der Waals surface area contributed by atoms with Crippen molar-refractivity contribution in [1.29, 1.82) is 0 Å². The molecule has 1 saturated heterocycles. The van der Waals surface area contributed by atoms with Crippen molar-refractivity contribution >= 4 is 27.4 Å². The standard InChI is InChI=1S/C19H23N5OS/c25-16(17-20-7-8-21-17)12-5-9-24(10-6-12)18-15-13-3-1-2-4-14(13)26-19(15)23-11-22-18/h7-8,11-12,16,25H,1-6,9-10H2,(H,20,21). The molecule has 1 atom stereocenters. The molecular formula is C19H23N5OS. The van der Waals surface area contributed by atoms with E-state index >= 15 is 0 Å². The Morgan fingerprint density at radius 3 is 2.81 bits per heavy atom. The Bertz CT molecular complexity index is 898. The first-order chi connectivity index (χ1) is 12.8. The van der Waals surface area contributed by atoms with Gasteiger partial charge < -0.3 is 15.0 Å². The topological polar surface area (TPSA) is 77.9 Å². The second kappa shape index (κ2) is 6.63. The van der Waals surface area contributed by atoms with Crippen LogP contribution >= 0.6 is 11.3 Å². The van der Waals surface area contributed by atoms with E-state index in [0.717, 1.165) is 43.0 Å². The van der Waals surface area contributed by atoms with Gasteiger partial charge in [-0.3, -0.25) is 0 Å². The van der Waals surface area contributed by atoms with Gasteiger partial charge in [0.2, 0.25) is 0 Å². The van der Waals surface area contributed by atoms with E-state index in [4.69, 9.17) is 0 Å². The van der Waals surface area contributed by atoms with Gasteiger partial charge in [0.05, 0.1) is 5.39 Å². The van der Waals surface area contributed by atoms with Crippen LogP contribution in [0.1, 0.15) is 48.1 Å². The third kappa shape index (κ3) is 2.70. The van der Waals surface area contributed by atoms with E-state index in [9.17, 15) is 5.11 Å². The van der Waals surface area contributed by atoms with Crippen LogP contribution < -0.4 is 4.90 Å². The fourth-order valence-corrected chi connectivity index (χ4v) is 5.63. The molecule has 0 spiro atoms. The van der Waals surface area contributed by atoms with Crippen LogP contribution in [-0.2, 0) is 12.8 Å². The molecule has 2 aliphatic rings. The number of aliphatic hydroxyl groups excluding tert-OH is 1. The zero-order chi connectivity index (χ0) is 17.5. The Balaban J connectivity index is 1.39.